The van der Waals surface area contributed by atoms with Gasteiger partial charge in [-0.1, -0.05) is 0 Å². The molecule has 0 radical (unpaired) electrons. The molecule has 0 bridgehead atoms. The molecule has 2 N–H and O–H groups in total. The van der Waals surface area contributed by atoms with Crippen LogP contribution in [0.1, 0.15) is 12.8 Å². The van der Waals surface area contributed by atoms with Crippen molar-refractivity contribution in [2.45, 2.75) is 18.9 Å². The van der Waals surface area contributed by atoms with Gasteiger partial charge in [0.05, 0.1) is 24.2 Å². The van der Waals surface area contributed by atoms with E-state index < -0.39 is 5.82 Å². The summed E-state index contributed by atoms with van der Waals surface area (Å²) in [6.07, 6.45) is 4.78. The Hall–Kier alpha value is -1.32. The van der Waals surface area contributed by atoms with Gasteiger partial charge in [0.1, 0.15) is 0 Å². The largest absolute Gasteiger partial charge is 0.486 e. The zero-order chi connectivity index (χ0) is 8.55. The van der Waals surface area contributed by atoms with Crippen molar-refractivity contribution in [3.05, 3.63) is 18.2 Å². The fraction of sp³-hybridized carbons (Fsp3) is 0.375. The number of nitrogens with zero attached hydrogens (tertiary/aromatic N) is 1. The van der Waals surface area contributed by atoms with E-state index >= 15 is 0 Å². The molecule has 12 heavy (non-hydrogen) atoms. The maximum absolute atomic E-state index is 13.1. The topological polar surface area (TPSA) is 48.1 Å². The van der Waals surface area contributed by atoms with Crippen LogP contribution in [0.3, 0.4) is 0 Å². The third kappa shape index (κ3) is 1.32. The molecule has 0 amide bonds. The highest BCUT2D eigenvalue weighted by molar-refractivity contribution is 5.42. The highest BCUT2D eigenvalue weighted by atomic mass is 19.1. The van der Waals surface area contributed by atoms with Crippen LogP contribution in [-0.2, 0) is 0 Å². The van der Waals surface area contributed by atoms with E-state index in [0.29, 0.717) is 0 Å². The summed E-state index contributed by atoms with van der Waals surface area (Å²) in [5.74, 6) is -0.339. The number of nitrogen functional groups attached to an aromatic ring is 1. The Bertz CT molecular complexity index is 299. The minimum Gasteiger partial charge on any atom is -0.486 e. The molecule has 1 fully saturated rings. The first-order valence-electron chi connectivity index (χ1n) is 3.83. The average molecular weight is 168 g/mol. The Morgan fingerprint density at radius 3 is 2.92 bits per heavy atom. The van der Waals surface area contributed by atoms with E-state index in [1.165, 1.54) is 12.4 Å². The molecule has 0 aromatic carbocycles. The van der Waals surface area contributed by atoms with Crippen LogP contribution in [0.15, 0.2) is 12.4 Å². The van der Waals surface area contributed by atoms with E-state index in [9.17, 15) is 4.39 Å². The zero-order valence-electron chi connectivity index (χ0n) is 6.46. The van der Waals surface area contributed by atoms with Gasteiger partial charge < -0.3 is 10.5 Å². The summed E-state index contributed by atoms with van der Waals surface area (Å²) in [4.78, 5) is 3.74. The average Bonchev–Trinajstić information content (AvgIpc) is 2.83. The molecule has 1 aliphatic carbocycles. The molecular formula is C8H9FN2O. The molecule has 1 saturated carbocycles. The molecule has 3 nitrogen and oxygen atoms in total. The molecule has 0 atom stereocenters. The van der Waals surface area contributed by atoms with E-state index in [-0.39, 0.29) is 17.5 Å². The second-order valence-electron chi connectivity index (χ2n) is 2.86. The van der Waals surface area contributed by atoms with Crippen molar-refractivity contribution in [2.75, 3.05) is 5.73 Å². The molecule has 0 unspecified atom stereocenters. The summed E-state index contributed by atoms with van der Waals surface area (Å²) in [6.45, 7) is 0. The number of anilines is 1. The molecule has 64 valence electrons. The smallest absolute Gasteiger partial charge is 0.191 e. The van der Waals surface area contributed by atoms with Gasteiger partial charge in [0.15, 0.2) is 11.6 Å². The van der Waals surface area contributed by atoms with Crippen LogP contribution in [0.5, 0.6) is 5.75 Å². The maximum Gasteiger partial charge on any atom is 0.191 e. The second kappa shape index (κ2) is 2.62. The van der Waals surface area contributed by atoms with Crippen molar-refractivity contribution >= 4 is 5.69 Å². The molecule has 4 heteroatoms. The summed E-state index contributed by atoms with van der Waals surface area (Å²) in [6, 6.07) is 0. The van der Waals surface area contributed by atoms with E-state index in [1.807, 2.05) is 0 Å². The quantitative estimate of drug-likeness (QED) is 0.725. The standard InChI is InChI=1S/C8H9FN2O/c9-8-6(10)3-11-4-7(8)12-5-1-2-5/h3-5H,1-2,10H2. The van der Waals surface area contributed by atoms with Crippen molar-refractivity contribution in [3.8, 4) is 5.75 Å². The van der Waals surface area contributed by atoms with Crippen LogP contribution in [-0.4, -0.2) is 11.1 Å². The van der Waals surface area contributed by atoms with Gasteiger partial charge in [0, 0.05) is 0 Å². The number of nitrogens with two attached hydrogens (primary N) is 1. The Kier molecular flexibility index (Phi) is 1.60. The van der Waals surface area contributed by atoms with Gasteiger partial charge in [-0.25, -0.2) is 4.39 Å². The van der Waals surface area contributed by atoms with Crippen LogP contribution in [0, 0.1) is 5.82 Å². The first kappa shape index (κ1) is 7.34. The van der Waals surface area contributed by atoms with Crippen LogP contribution in [0.4, 0.5) is 10.1 Å². The van der Waals surface area contributed by atoms with E-state index in [0.717, 1.165) is 12.8 Å². The van der Waals surface area contributed by atoms with Gasteiger partial charge in [-0.3, -0.25) is 4.98 Å². The molecule has 0 saturated heterocycles. The predicted molar refractivity (Wildman–Crippen MR) is 42.3 cm³/mol. The third-order valence-electron chi connectivity index (χ3n) is 1.69. The number of rotatable bonds is 2. The summed E-state index contributed by atoms with van der Waals surface area (Å²) in [7, 11) is 0. The van der Waals surface area contributed by atoms with Gasteiger partial charge in [0.25, 0.3) is 0 Å². The van der Waals surface area contributed by atoms with Crippen molar-refractivity contribution in [1.82, 2.24) is 4.98 Å². The molecule has 0 spiro atoms. The maximum atomic E-state index is 13.1. The highest BCUT2D eigenvalue weighted by Gasteiger charge is 2.25. The first-order valence-corrected chi connectivity index (χ1v) is 3.83. The molecule has 1 aromatic rings. The van der Waals surface area contributed by atoms with Crippen LogP contribution in [0.2, 0.25) is 0 Å². The van der Waals surface area contributed by atoms with Crippen LogP contribution >= 0.6 is 0 Å². The van der Waals surface area contributed by atoms with E-state index in [1.54, 1.807) is 0 Å². The molecule has 0 aliphatic heterocycles. The number of ether oxygens (including phenoxy) is 1. The number of hydrogen-bond acceptors (Lipinski definition) is 3. The lowest BCUT2D eigenvalue weighted by molar-refractivity contribution is 0.287. The fourth-order valence-electron chi connectivity index (χ4n) is 0.888. The van der Waals surface area contributed by atoms with Gasteiger partial charge >= 0.3 is 0 Å². The van der Waals surface area contributed by atoms with Gasteiger partial charge in [-0.05, 0) is 12.8 Å². The third-order valence-corrected chi connectivity index (χ3v) is 1.69. The minimum absolute atomic E-state index is 0.0353. The lowest BCUT2D eigenvalue weighted by Crippen LogP contribution is -2.01. The van der Waals surface area contributed by atoms with Gasteiger partial charge in [-0.15, -0.1) is 0 Å². The Morgan fingerprint density at radius 1 is 1.50 bits per heavy atom. The van der Waals surface area contributed by atoms with Crippen molar-refractivity contribution in [3.63, 3.8) is 0 Å². The molecular weight excluding hydrogens is 159 g/mol. The first-order chi connectivity index (χ1) is 5.77. The Balaban J connectivity index is 2.23. The van der Waals surface area contributed by atoms with Crippen molar-refractivity contribution in [2.24, 2.45) is 0 Å². The second-order valence-corrected chi connectivity index (χ2v) is 2.86. The number of pyridine rings is 1. The number of hydrogen-bond donors (Lipinski definition) is 1. The summed E-state index contributed by atoms with van der Waals surface area (Å²) < 4.78 is 18.3. The molecule has 1 heterocycles. The fourth-order valence-corrected chi connectivity index (χ4v) is 0.888. The minimum atomic E-state index is -0.503. The summed E-state index contributed by atoms with van der Waals surface area (Å²) in [5, 5.41) is 0. The monoisotopic (exact) mass is 168 g/mol. The lowest BCUT2D eigenvalue weighted by atomic mass is 10.4. The van der Waals surface area contributed by atoms with E-state index in [2.05, 4.69) is 4.98 Å². The van der Waals surface area contributed by atoms with Crippen LogP contribution in [0.25, 0.3) is 0 Å². The zero-order valence-corrected chi connectivity index (χ0v) is 6.46. The van der Waals surface area contributed by atoms with Crippen LogP contribution < -0.4 is 10.5 Å². The van der Waals surface area contributed by atoms with Crippen molar-refractivity contribution < 1.29 is 9.13 Å². The normalized spacial score (nSPS) is 16.1. The molecule has 2 rings (SSSR count). The highest BCUT2D eigenvalue weighted by Crippen LogP contribution is 2.29. The molecule has 1 aromatic heterocycles. The van der Waals surface area contributed by atoms with Gasteiger partial charge in [0.2, 0.25) is 0 Å². The Labute approximate surface area is 69.4 Å². The SMILES string of the molecule is Nc1cncc(OC2CC2)c1F. The summed E-state index contributed by atoms with van der Waals surface area (Å²) >= 11 is 0. The molecule has 1 aliphatic rings. The van der Waals surface area contributed by atoms with Crippen molar-refractivity contribution in [1.29, 1.82) is 0 Å². The predicted octanol–water partition coefficient (Wildman–Crippen LogP) is 1.34. The van der Waals surface area contributed by atoms with Gasteiger partial charge in [-0.2, -0.15) is 0 Å². The lowest BCUT2D eigenvalue weighted by Gasteiger charge is -2.05. The number of halogens is 1. The number of aromatic nitrogens is 1. The summed E-state index contributed by atoms with van der Waals surface area (Å²) in [5.41, 5.74) is 5.33. The Morgan fingerprint density at radius 2 is 2.25 bits per heavy atom. The van der Waals surface area contributed by atoms with E-state index in [4.69, 9.17) is 10.5 Å².